The third-order valence-electron chi connectivity index (χ3n) is 9.16. The van der Waals surface area contributed by atoms with Crippen molar-refractivity contribution in [3.8, 4) is 12.1 Å². The van der Waals surface area contributed by atoms with Gasteiger partial charge in [-0.1, -0.05) is 73.7 Å². The fourth-order valence-electron chi connectivity index (χ4n) is 7.07. The topological polar surface area (TPSA) is 57.4 Å². The molecule has 2 aromatic heterocycles. The van der Waals surface area contributed by atoms with E-state index in [1.807, 2.05) is 24.3 Å². The number of benzene rings is 4. The Kier molecular flexibility index (Phi) is 5.71. The Hall–Kier alpha value is -5.58. The first-order chi connectivity index (χ1) is 21.2. The number of nitriles is 2. The number of para-hydroxylation sites is 3. The SMILES string of the molecule is CC1C(n2c3ccccc3c3cc(C#N)ccc32)=CC(C2=CCCC(n3c4ccccc4c4ccccc43)=C2)=CC1C#N. The van der Waals surface area contributed by atoms with Crippen molar-refractivity contribution in [2.24, 2.45) is 11.8 Å². The lowest BCUT2D eigenvalue weighted by Crippen LogP contribution is -2.18. The maximum Gasteiger partial charge on any atom is 0.0991 e. The predicted molar refractivity (Wildman–Crippen MR) is 176 cm³/mol. The highest BCUT2D eigenvalue weighted by molar-refractivity contribution is 6.11. The number of fused-ring (bicyclic) bond motifs is 6. The van der Waals surface area contributed by atoms with Gasteiger partial charge in [0, 0.05) is 38.9 Å². The minimum atomic E-state index is -0.266. The Bertz CT molecular complexity index is 2280. The Balaban J connectivity index is 1.31. The molecule has 4 nitrogen and oxygen atoms in total. The third kappa shape index (κ3) is 3.81. The van der Waals surface area contributed by atoms with Gasteiger partial charge in [-0.2, -0.15) is 10.5 Å². The molecule has 0 amide bonds. The largest absolute Gasteiger partial charge is 0.313 e. The molecule has 2 aliphatic carbocycles. The van der Waals surface area contributed by atoms with Gasteiger partial charge in [0.15, 0.2) is 0 Å². The van der Waals surface area contributed by atoms with Crippen LogP contribution in [0.4, 0.5) is 0 Å². The van der Waals surface area contributed by atoms with Crippen LogP contribution in [0.25, 0.3) is 55.0 Å². The van der Waals surface area contributed by atoms with Crippen molar-refractivity contribution in [2.75, 3.05) is 0 Å². The average Bonchev–Trinajstić information content (AvgIpc) is 3.57. The van der Waals surface area contributed by atoms with E-state index in [1.54, 1.807) is 0 Å². The second kappa shape index (κ2) is 9.76. The third-order valence-corrected chi connectivity index (χ3v) is 9.16. The van der Waals surface area contributed by atoms with Gasteiger partial charge in [0.1, 0.15) is 0 Å². The van der Waals surface area contributed by atoms with Crippen LogP contribution >= 0.6 is 0 Å². The lowest BCUT2D eigenvalue weighted by molar-refractivity contribution is 0.610. The molecule has 0 saturated heterocycles. The molecule has 0 radical (unpaired) electrons. The van der Waals surface area contributed by atoms with Crippen LogP contribution in [0, 0.1) is 34.5 Å². The summed E-state index contributed by atoms with van der Waals surface area (Å²) in [5, 5.41) is 24.6. The molecule has 0 fully saturated rings. The van der Waals surface area contributed by atoms with Crippen molar-refractivity contribution in [1.82, 2.24) is 9.13 Å². The minimum absolute atomic E-state index is 0.00613. The quantitative estimate of drug-likeness (QED) is 0.219. The molecule has 8 rings (SSSR count). The van der Waals surface area contributed by atoms with Crippen LogP contribution < -0.4 is 0 Å². The molecular weight excluding hydrogens is 524 g/mol. The van der Waals surface area contributed by atoms with Crippen molar-refractivity contribution in [2.45, 2.75) is 19.8 Å². The van der Waals surface area contributed by atoms with Crippen LogP contribution in [-0.4, -0.2) is 9.13 Å². The fraction of sp³-hybridized carbons (Fsp3) is 0.128. The van der Waals surface area contributed by atoms with Crippen molar-refractivity contribution >= 4 is 55.0 Å². The van der Waals surface area contributed by atoms with E-state index in [0.29, 0.717) is 5.56 Å². The molecule has 43 heavy (non-hydrogen) atoms. The predicted octanol–water partition coefficient (Wildman–Crippen LogP) is 9.59. The first-order valence-electron chi connectivity index (χ1n) is 14.8. The summed E-state index contributed by atoms with van der Waals surface area (Å²) in [5.74, 6) is -0.272. The lowest BCUT2D eigenvalue weighted by atomic mass is 9.82. The maximum atomic E-state index is 10.3. The average molecular weight is 553 g/mol. The second-order valence-electron chi connectivity index (χ2n) is 11.5. The van der Waals surface area contributed by atoms with Gasteiger partial charge in [0.25, 0.3) is 0 Å². The van der Waals surface area contributed by atoms with Crippen molar-refractivity contribution < 1.29 is 0 Å². The molecule has 2 unspecified atom stereocenters. The number of nitrogens with zero attached hydrogens (tertiary/aromatic N) is 4. The van der Waals surface area contributed by atoms with Gasteiger partial charge >= 0.3 is 0 Å². The monoisotopic (exact) mass is 552 g/mol. The van der Waals surface area contributed by atoms with Crippen LogP contribution in [0.1, 0.15) is 25.3 Å². The highest BCUT2D eigenvalue weighted by atomic mass is 15.0. The van der Waals surface area contributed by atoms with E-state index in [9.17, 15) is 10.5 Å². The van der Waals surface area contributed by atoms with Gasteiger partial charge in [-0.15, -0.1) is 0 Å². The number of allylic oxidation sites excluding steroid dienone is 8. The lowest BCUT2D eigenvalue weighted by Gasteiger charge is -2.28. The Morgan fingerprint density at radius 2 is 1.28 bits per heavy atom. The van der Waals surface area contributed by atoms with Crippen LogP contribution in [0.3, 0.4) is 0 Å². The van der Waals surface area contributed by atoms with Gasteiger partial charge in [-0.05, 0) is 72.5 Å². The fourth-order valence-corrected chi connectivity index (χ4v) is 7.07. The van der Waals surface area contributed by atoms with Gasteiger partial charge in [0.2, 0.25) is 0 Å². The van der Waals surface area contributed by atoms with Crippen LogP contribution in [0.2, 0.25) is 0 Å². The number of rotatable bonds is 3. The molecule has 0 spiro atoms. The molecule has 4 heteroatoms. The first-order valence-corrected chi connectivity index (χ1v) is 14.8. The summed E-state index contributed by atoms with van der Waals surface area (Å²) in [6.45, 7) is 2.14. The number of hydrogen-bond donors (Lipinski definition) is 0. The summed E-state index contributed by atoms with van der Waals surface area (Å²) >= 11 is 0. The highest BCUT2D eigenvalue weighted by Gasteiger charge is 2.28. The minimum Gasteiger partial charge on any atom is -0.313 e. The van der Waals surface area contributed by atoms with Crippen LogP contribution in [0.15, 0.2) is 126 Å². The van der Waals surface area contributed by atoms with E-state index in [4.69, 9.17) is 0 Å². The molecular formula is C39H28N4. The van der Waals surface area contributed by atoms with Gasteiger partial charge < -0.3 is 9.13 Å². The van der Waals surface area contributed by atoms with Crippen molar-refractivity contribution in [1.29, 1.82) is 10.5 Å². The summed E-state index contributed by atoms with van der Waals surface area (Å²) in [4.78, 5) is 0. The van der Waals surface area contributed by atoms with Crippen LogP contribution in [0.5, 0.6) is 0 Å². The Labute approximate surface area is 250 Å². The van der Waals surface area contributed by atoms with Crippen molar-refractivity contribution in [3.05, 3.63) is 132 Å². The zero-order chi connectivity index (χ0) is 29.1. The first kappa shape index (κ1) is 25.2. The molecule has 4 aromatic carbocycles. The zero-order valence-corrected chi connectivity index (χ0v) is 23.8. The van der Waals surface area contributed by atoms with E-state index in [2.05, 4.69) is 119 Å². The standard InChI is InChI=1S/C39H28N4/c1-25-29(24-41)20-28(22-39(25)43-37-16-7-4-13-33(37)34-19-26(23-40)17-18-38(34)43)27-9-8-10-30(21-27)42-35-14-5-2-11-31(35)32-12-3-6-15-36(32)42/h2-7,9,11-22,25,29H,8,10H2,1H3. The molecule has 204 valence electrons. The van der Waals surface area contributed by atoms with Gasteiger partial charge in [-0.3, -0.25) is 0 Å². The van der Waals surface area contributed by atoms with E-state index >= 15 is 0 Å². The van der Waals surface area contributed by atoms with Crippen LogP contribution in [-0.2, 0) is 0 Å². The summed E-state index contributed by atoms with van der Waals surface area (Å²) in [6.07, 6.45) is 10.9. The highest BCUT2D eigenvalue weighted by Crippen LogP contribution is 2.42. The Morgan fingerprint density at radius 1 is 0.674 bits per heavy atom. The molecule has 0 saturated carbocycles. The zero-order valence-electron chi connectivity index (χ0n) is 23.8. The van der Waals surface area contributed by atoms with Gasteiger partial charge in [0.05, 0.1) is 45.7 Å². The molecule has 2 aliphatic rings. The molecule has 6 aromatic rings. The summed E-state index contributed by atoms with van der Waals surface area (Å²) < 4.78 is 4.71. The van der Waals surface area contributed by atoms with Crippen molar-refractivity contribution in [3.63, 3.8) is 0 Å². The second-order valence-corrected chi connectivity index (χ2v) is 11.5. The van der Waals surface area contributed by atoms with E-state index in [-0.39, 0.29) is 11.8 Å². The summed E-state index contributed by atoms with van der Waals surface area (Å²) in [7, 11) is 0. The Morgan fingerprint density at radius 3 is 1.93 bits per heavy atom. The maximum absolute atomic E-state index is 10.3. The summed E-state index contributed by atoms with van der Waals surface area (Å²) in [6, 6.07) is 36.4. The normalized spacial score (nSPS) is 18.7. The van der Waals surface area contributed by atoms with E-state index in [0.717, 1.165) is 51.5 Å². The number of hydrogen-bond acceptors (Lipinski definition) is 2. The van der Waals surface area contributed by atoms with E-state index in [1.165, 1.54) is 27.5 Å². The molecule has 0 N–H and O–H groups in total. The number of aromatic nitrogens is 2. The molecule has 0 bridgehead atoms. The van der Waals surface area contributed by atoms with Gasteiger partial charge in [-0.25, -0.2) is 0 Å². The molecule has 0 aliphatic heterocycles. The molecule has 2 heterocycles. The molecule has 2 atom stereocenters. The van der Waals surface area contributed by atoms with E-state index < -0.39 is 0 Å². The smallest absolute Gasteiger partial charge is 0.0991 e. The summed E-state index contributed by atoms with van der Waals surface area (Å²) in [5.41, 5.74) is 9.81.